The topological polar surface area (TPSA) is 28.9 Å². The molecule has 1 aliphatic rings. The van der Waals surface area contributed by atoms with Gasteiger partial charge in [0.05, 0.1) is 17.1 Å². The Hall–Kier alpha value is -8.60. The molecule has 10 aromatic carbocycles. The van der Waals surface area contributed by atoms with E-state index in [-0.39, 0.29) is 0 Å². The Kier molecular flexibility index (Phi) is 9.39. The molecule has 0 saturated heterocycles. The third kappa shape index (κ3) is 6.45. The molecule has 4 nitrogen and oxygen atoms in total. The van der Waals surface area contributed by atoms with Crippen molar-refractivity contribution < 1.29 is 9.15 Å². The molecular formula is C62H44N2O2. The Labute approximate surface area is 383 Å². The van der Waals surface area contributed by atoms with Crippen LogP contribution in [0.5, 0.6) is 11.5 Å². The summed E-state index contributed by atoms with van der Waals surface area (Å²) < 4.78 is 13.8. The highest BCUT2D eigenvalue weighted by atomic mass is 16.5. The number of anilines is 6. The molecule has 11 aromatic rings. The van der Waals surface area contributed by atoms with Gasteiger partial charge in [0.15, 0.2) is 5.58 Å². The number of rotatable bonds is 9. The molecular weight excluding hydrogens is 805 g/mol. The number of hydrogen-bond donors (Lipinski definition) is 0. The molecule has 0 atom stereocenters. The van der Waals surface area contributed by atoms with Gasteiger partial charge in [0, 0.05) is 50.2 Å². The number of allylic oxidation sites excluding steroid dienone is 4. The largest absolute Gasteiger partial charge is 0.456 e. The SMILES string of the molecule is C=C/C=C\C=C\c1ccccc1N(c1ccccc1)c1ccc2c(c1)Oc1cc(C)cc3c1c-2cc1c2cc(C)ccc2c(N(c2ccccc2)c2cccc4c2oc2ccccc24)cc31. The first kappa shape index (κ1) is 39.0. The van der Waals surface area contributed by atoms with Crippen LogP contribution in [0.2, 0.25) is 0 Å². The first-order valence-corrected chi connectivity index (χ1v) is 22.4. The zero-order chi connectivity index (χ0) is 44.3. The molecule has 0 aliphatic carbocycles. The number of hydrogen-bond acceptors (Lipinski definition) is 4. The summed E-state index contributed by atoms with van der Waals surface area (Å²) in [5.74, 6) is 1.67. The van der Waals surface area contributed by atoms with E-state index in [4.69, 9.17) is 9.15 Å². The molecule has 0 spiro atoms. The Balaban J connectivity index is 1.09. The second-order valence-electron chi connectivity index (χ2n) is 17.1. The predicted molar refractivity (Wildman–Crippen MR) is 279 cm³/mol. The fourth-order valence-corrected chi connectivity index (χ4v) is 9.97. The zero-order valence-electron chi connectivity index (χ0n) is 36.7. The average molecular weight is 849 g/mol. The highest BCUT2D eigenvalue weighted by Gasteiger charge is 2.27. The Morgan fingerprint density at radius 2 is 1.12 bits per heavy atom. The molecule has 0 unspecified atom stereocenters. The molecule has 0 N–H and O–H groups in total. The van der Waals surface area contributed by atoms with Crippen molar-refractivity contribution in [1.82, 2.24) is 0 Å². The number of fused-ring (bicyclic) bond motifs is 9. The lowest BCUT2D eigenvalue weighted by atomic mass is 9.87. The fourth-order valence-electron chi connectivity index (χ4n) is 9.97. The summed E-state index contributed by atoms with van der Waals surface area (Å²) in [6, 6.07) is 67.3. The van der Waals surface area contributed by atoms with Crippen molar-refractivity contribution in [3.05, 3.63) is 236 Å². The number of ether oxygens (including phenoxy) is 1. The van der Waals surface area contributed by atoms with Crippen LogP contribution < -0.4 is 14.5 Å². The number of furan rings is 1. The zero-order valence-corrected chi connectivity index (χ0v) is 36.7. The maximum absolute atomic E-state index is 7.08. The standard InChI is InChI=1S/C62H44N2O2/c1-4-5-6-9-19-42-20-14-16-27-55(42)63(43-21-10-7-11-22-43)45-31-33-48-54-38-51-50-34-40(2)30-32-46(50)57(39-52(51)53-35-41(3)36-60(61(53)54)65-59(48)37-45)64(44-23-12-8-13-24-44)56-28-18-26-49-47-25-15-17-29-58(47)66-62(49)56/h4-39H,1H2,2-3H3/b6-5-,19-9+. The van der Waals surface area contributed by atoms with Crippen LogP contribution in [0.1, 0.15) is 16.7 Å². The molecule has 1 aliphatic heterocycles. The molecule has 314 valence electrons. The van der Waals surface area contributed by atoms with Crippen molar-refractivity contribution in [2.24, 2.45) is 0 Å². The maximum atomic E-state index is 7.08. The van der Waals surface area contributed by atoms with Crippen LogP contribution in [0.4, 0.5) is 34.1 Å². The van der Waals surface area contributed by atoms with Gasteiger partial charge in [-0.25, -0.2) is 0 Å². The lowest BCUT2D eigenvalue weighted by Gasteiger charge is -2.30. The van der Waals surface area contributed by atoms with Gasteiger partial charge in [-0.15, -0.1) is 0 Å². The predicted octanol–water partition coefficient (Wildman–Crippen LogP) is 18.1. The Morgan fingerprint density at radius 1 is 0.424 bits per heavy atom. The van der Waals surface area contributed by atoms with Gasteiger partial charge in [0.25, 0.3) is 0 Å². The molecule has 0 saturated carbocycles. The molecule has 1 aromatic heterocycles. The molecule has 0 amide bonds. The summed E-state index contributed by atoms with van der Waals surface area (Å²) in [7, 11) is 0. The van der Waals surface area contributed by atoms with E-state index in [1.807, 2.05) is 18.2 Å². The van der Waals surface area contributed by atoms with Crippen molar-refractivity contribution in [3.63, 3.8) is 0 Å². The van der Waals surface area contributed by atoms with E-state index in [9.17, 15) is 0 Å². The van der Waals surface area contributed by atoms with Gasteiger partial charge in [-0.2, -0.15) is 0 Å². The molecule has 12 rings (SSSR count). The molecule has 0 bridgehead atoms. The summed E-state index contributed by atoms with van der Waals surface area (Å²) in [4.78, 5) is 4.69. The van der Waals surface area contributed by atoms with Crippen LogP contribution in [-0.4, -0.2) is 0 Å². The highest BCUT2D eigenvalue weighted by Crippen LogP contribution is 2.54. The van der Waals surface area contributed by atoms with Gasteiger partial charge in [-0.3, -0.25) is 0 Å². The molecule has 2 heterocycles. The third-order valence-corrected chi connectivity index (χ3v) is 12.8. The third-order valence-electron chi connectivity index (χ3n) is 12.8. The summed E-state index contributed by atoms with van der Waals surface area (Å²) in [6.45, 7) is 8.18. The van der Waals surface area contributed by atoms with Crippen LogP contribution >= 0.6 is 0 Å². The van der Waals surface area contributed by atoms with Crippen LogP contribution in [0.3, 0.4) is 0 Å². The Bertz CT molecular complexity index is 3790. The van der Waals surface area contributed by atoms with Crippen LogP contribution in [0, 0.1) is 13.8 Å². The summed E-state index contributed by atoms with van der Waals surface area (Å²) in [5, 5.41) is 9.16. The fraction of sp³-hybridized carbons (Fsp3) is 0.0323. The van der Waals surface area contributed by atoms with Gasteiger partial charge in [0.1, 0.15) is 17.1 Å². The van der Waals surface area contributed by atoms with Gasteiger partial charge in [0.2, 0.25) is 0 Å². The van der Waals surface area contributed by atoms with Crippen LogP contribution in [-0.2, 0) is 0 Å². The minimum absolute atomic E-state index is 0.820. The van der Waals surface area contributed by atoms with Gasteiger partial charge < -0.3 is 19.0 Å². The first-order valence-electron chi connectivity index (χ1n) is 22.4. The summed E-state index contributed by atoms with van der Waals surface area (Å²) in [6.07, 6.45) is 9.92. The number of aryl methyl sites for hydroxylation is 2. The van der Waals surface area contributed by atoms with Crippen molar-refractivity contribution in [2.45, 2.75) is 13.8 Å². The first-order chi connectivity index (χ1) is 32.5. The molecule has 4 heteroatoms. The highest BCUT2D eigenvalue weighted by molar-refractivity contribution is 6.26. The summed E-state index contributed by atoms with van der Waals surface area (Å²) >= 11 is 0. The summed E-state index contributed by atoms with van der Waals surface area (Å²) in [5.41, 5.74) is 13.6. The van der Waals surface area contributed by atoms with E-state index in [0.29, 0.717) is 0 Å². The van der Waals surface area contributed by atoms with E-state index < -0.39 is 0 Å². The van der Waals surface area contributed by atoms with Crippen molar-refractivity contribution in [2.75, 3.05) is 9.80 Å². The van der Waals surface area contributed by atoms with E-state index in [0.717, 1.165) is 111 Å². The number of benzene rings is 10. The quantitative estimate of drug-likeness (QED) is 0.107. The smallest absolute Gasteiger partial charge is 0.159 e. The lowest BCUT2D eigenvalue weighted by molar-refractivity contribution is 0.487. The second kappa shape index (κ2) is 15.9. The molecule has 0 radical (unpaired) electrons. The van der Waals surface area contributed by atoms with Gasteiger partial charge in [-0.1, -0.05) is 152 Å². The monoisotopic (exact) mass is 848 g/mol. The maximum Gasteiger partial charge on any atom is 0.159 e. The minimum atomic E-state index is 0.820. The second-order valence-corrected chi connectivity index (χ2v) is 17.1. The number of para-hydroxylation sites is 5. The lowest BCUT2D eigenvalue weighted by Crippen LogP contribution is -2.12. The van der Waals surface area contributed by atoms with E-state index in [2.05, 4.69) is 224 Å². The average Bonchev–Trinajstić information content (AvgIpc) is 3.74. The van der Waals surface area contributed by atoms with Crippen molar-refractivity contribution in [1.29, 1.82) is 0 Å². The van der Waals surface area contributed by atoms with E-state index >= 15 is 0 Å². The Morgan fingerprint density at radius 3 is 1.95 bits per heavy atom. The van der Waals surface area contributed by atoms with Gasteiger partial charge in [-0.05, 0) is 125 Å². The van der Waals surface area contributed by atoms with Crippen molar-refractivity contribution >= 4 is 94.5 Å². The van der Waals surface area contributed by atoms with Gasteiger partial charge >= 0.3 is 0 Å². The van der Waals surface area contributed by atoms with Crippen LogP contribution in [0.15, 0.2) is 223 Å². The minimum Gasteiger partial charge on any atom is -0.456 e. The van der Waals surface area contributed by atoms with E-state index in [1.54, 1.807) is 6.08 Å². The van der Waals surface area contributed by atoms with Crippen molar-refractivity contribution in [3.8, 4) is 22.6 Å². The number of nitrogens with zero attached hydrogens (tertiary/aromatic N) is 2. The van der Waals surface area contributed by atoms with Crippen LogP contribution in [0.25, 0.3) is 71.5 Å². The molecule has 66 heavy (non-hydrogen) atoms. The van der Waals surface area contributed by atoms with E-state index in [1.165, 1.54) is 16.3 Å². The molecule has 0 fully saturated rings. The normalized spacial score (nSPS) is 12.2.